The second kappa shape index (κ2) is 6.09. The van der Waals surface area contributed by atoms with Crippen molar-refractivity contribution < 1.29 is 12.9 Å². The van der Waals surface area contributed by atoms with Crippen LogP contribution >= 0.6 is 0 Å². The molecule has 0 aliphatic carbocycles. The van der Waals surface area contributed by atoms with Gasteiger partial charge in [-0.05, 0) is 18.8 Å². The average molecular weight is 323 g/mol. The van der Waals surface area contributed by atoms with E-state index in [2.05, 4.69) is 20.1 Å². The number of hydrogen-bond donors (Lipinski definition) is 0. The van der Waals surface area contributed by atoms with Crippen molar-refractivity contribution in [1.29, 1.82) is 0 Å². The molecule has 0 saturated carbocycles. The minimum atomic E-state index is -3.14. The second-order valence-electron chi connectivity index (χ2n) is 5.44. The van der Waals surface area contributed by atoms with Crippen LogP contribution in [0.5, 0.6) is 0 Å². The summed E-state index contributed by atoms with van der Waals surface area (Å²) in [4.78, 5) is 12.4. The molecule has 2 aromatic heterocycles. The Bertz CT molecular complexity index is 731. The molecule has 1 atom stereocenters. The van der Waals surface area contributed by atoms with E-state index in [9.17, 15) is 8.42 Å². The average Bonchev–Trinajstić information content (AvgIpc) is 2.96. The number of aromatic nitrogens is 4. The zero-order valence-corrected chi connectivity index (χ0v) is 13.0. The van der Waals surface area contributed by atoms with Gasteiger partial charge in [-0.2, -0.15) is 4.98 Å². The van der Waals surface area contributed by atoms with E-state index in [1.165, 1.54) is 10.6 Å². The first kappa shape index (κ1) is 15.0. The van der Waals surface area contributed by atoms with Gasteiger partial charge in [-0.1, -0.05) is 5.16 Å². The summed E-state index contributed by atoms with van der Waals surface area (Å²) in [6.45, 7) is 1.09. The molecule has 0 spiro atoms. The van der Waals surface area contributed by atoms with Crippen LogP contribution in [0.25, 0.3) is 11.5 Å². The normalized spacial score (nSPS) is 20.1. The summed E-state index contributed by atoms with van der Waals surface area (Å²) >= 11 is 0. The Hall–Kier alpha value is -1.87. The quantitative estimate of drug-likeness (QED) is 0.817. The molecule has 0 N–H and O–H groups in total. The van der Waals surface area contributed by atoms with Gasteiger partial charge in [0.25, 0.3) is 0 Å². The highest BCUT2D eigenvalue weighted by atomic mass is 32.2. The van der Waals surface area contributed by atoms with Gasteiger partial charge in [0, 0.05) is 31.9 Å². The van der Waals surface area contributed by atoms with Crippen molar-refractivity contribution in [2.75, 3.05) is 19.3 Å². The molecule has 0 aromatic carbocycles. The SMILES string of the molecule is CS(=O)(=O)N1CCC[C@H](Cc2nc(-c3cnccn3)no2)C1. The Kier molecular flexibility index (Phi) is 4.16. The topological polar surface area (TPSA) is 102 Å². The van der Waals surface area contributed by atoms with Crippen molar-refractivity contribution in [3.8, 4) is 11.5 Å². The van der Waals surface area contributed by atoms with Gasteiger partial charge in [0.1, 0.15) is 5.69 Å². The van der Waals surface area contributed by atoms with Crippen LogP contribution in [0.1, 0.15) is 18.7 Å². The van der Waals surface area contributed by atoms with Gasteiger partial charge in [0.15, 0.2) is 0 Å². The van der Waals surface area contributed by atoms with Crippen molar-refractivity contribution in [3.05, 3.63) is 24.5 Å². The molecule has 0 amide bonds. The van der Waals surface area contributed by atoms with Gasteiger partial charge in [-0.25, -0.2) is 17.7 Å². The standard InChI is InChI=1S/C13H17N5O3S/c1-22(19,20)18-6-2-3-10(9-18)7-12-16-13(17-21-12)11-8-14-4-5-15-11/h4-5,8,10H,2-3,6-7,9H2,1H3/t10-/m1/s1. The summed E-state index contributed by atoms with van der Waals surface area (Å²) in [6, 6.07) is 0. The predicted octanol–water partition coefficient (Wildman–Crippen LogP) is 0.741. The molecule has 1 aliphatic rings. The largest absolute Gasteiger partial charge is 0.339 e. The van der Waals surface area contributed by atoms with E-state index in [1.54, 1.807) is 18.6 Å². The van der Waals surface area contributed by atoms with Crippen LogP contribution in [0.2, 0.25) is 0 Å². The van der Waals surface area contributed by atoms with Crippen LogP contribution in [-0.4, -0.2) is 52.2 Å². The Morgan fingerprint density at radius 3 is 3.00 bits per heavy atom. The van der Waals surface area contributed by atoms with E-state index in [1.807, 2.05) is 0 Å². The first-order chi connectivity index (χ1) is 10.5. The minimum absolute atomic E-state index is 0.193. The highest BCUT2D eigenvalue weighted by Crippen LogP contribution is 2.22. The number of hydrogen-bond acceptors (Lipinski definition) is 7. The summed E-state index contributed by atoms with van der Waals surface area (Å²) in [5.41, 5.74) is 0.555. The zero-order valence-electron chi connectivity index (χ0n) is 12.2. The van der Waals surface area contributed by atoms with Crippen molar-refractivity contribution in [2.45, 2.75) is 19.3 Å². The first-order valence-electron chi connectivity index (χ1n) is 7.06. The van der Waals surface area contributed by atoms with Gasteiger partial charge >= 0.3 is 0 Å². The van der Waals surface area contributed by atoms with Crippen molar-refractivity contribution in [2.24, 2.45) is 5.92 Å². The lowest BCUT2D eigenvalue weighted by Gasteiger charge is -2.30. The van der Waals surface area contributed by atoms with Crippen LogP contribution in [-0.2, 0) is 16.4 Å². The molecule has 1 fully saturated rings. The smallest absolute Gasteiger partial charge is 0.227 e. The van der Waals surface area contributed by atoms with Gasteiger partial charge < -0.3 is 4.52 Å². The molecular weight excluding hydrogens is 306 g/mol. The zero-order chi connectivity index (χ0) is 15.6. The van der Waals surface area contributed by atoms with Gasteiger partial charge in [0.05, 0.1) is 12.5 Å². The molecule has 9 heteroatoms. The highest BCUT2D eigenvalue weighted by Gasteiger charge is 2.27. The van der Waals surface area contributed by atoms with E-state index in [0.29, 0.717) is 36.9 Å². The number of piperidine rings is 1. The van der Waals surface area contributed by atoms with E-state index >= 15 is 0 Å². The maximum atomic E-state index is 11.6. The summed E-state index contributed by atoms with van der Waals surface area (Å²) in [5.74, 6) is 1.10. The molecular formula is C13H17N5O3S. The third kappa shape index (κ3) is 3.47. The van der Waals surface area contributed by atoms with E-state index in [-0.39, 0.29) is 5.92 Å². The Morgan fingerprint density at radius 2 is 2.27 bits per heavy atom. The molecule has 0 radical (unpaired) electrons. The maximum Gasteiger partial charge on any atom is 0.227 e. The van der Waals surface area contributed by atoms with Gasteiger partial charge in [0.2, 0.25) is 21.7 Å². The van der Waals surface area contributed by atoms with Crippen LogP contribution in [0, 0.1) is 5.92 Å². The highest BCUT2D eigenvalue weighted by molar-refractivity contribution is 7.88. The number of sulfonamides is 1. The van der Waals surface area contributed by atoms with Crippen molar-refractivity contribution in [3.63, 3.8) is 0 Å². The molecule has 0 bridgehead atoms. The Labute approximate surface area is 128 Å². The minimum Gasteiger partial charge on any atom is -0.339 e. The predicted molar refractivity (Wildman–Crippen MR) is 78.2 cm³/mol. The molecule has 118 valence electrons. The molecule has 3 heterocycles. The maximum absolute atomic E-state index is 11.6. The lowest BCUT2D eigenvalue weighted by Crippen LogP contribution is -2.39. The molecule has 2 aromatic rings. The molecule has 1 saturated heterocycles. The van der Waals surface area contributed by atoms with E-state index < -0.39 is 10.0 Å². The van der Waals surface area contributed by atoms with Crippen molar-refractivity contribution in [1.82, 2.24) is 24.4 Å². The van der Waals surface area contributed by atoms with E-state index in [0.717, 1.165) is 12.8 Å². The lowest BCUT2D eigenvalue weighted by molar-refractivity contribution is 0.248. The fourth-order valence-corrected chi connectivity index (χ4v) is 3.54. The number of rotatable bonds is 4. The fraction of sp³-hybridized carbons (Fsp3) is 0.538. The Balaban J connectivity index is 1.68. The van der Waals surface area contributed by atoms with E-state index in [4.69, 9.17) is 4.52 Å². The summed E-state index contributed by atoms with van der Waals surface area (Å²) in [7, 11) is -3.14. The molecule has 3 rings (SSSR count). The molecule has 22 heavy (non-hydrogen) atoms. The van der Waals surface area contributed by atoms with Gasteiger partial charge in [-0.15, -0.1) is 0 Å². The number of nitrogens with zero attached hydrogens (tertiary/aromatic N) is 5. The second-order valence-corrected chi connectivity index (χ2v) is 7.42. The Morgan fingerprint density at radius 1 is 1.41 bits per heavy atom. The first-order valence-corrected chi connectivity index (χ1v) is 8.91. The fourth-order valence-electron chi connectivity index (χ4n) is 2.60. The van der Waals surface area contributed by atoms with Crippen LogP contribution in [0.4, 0.5) is 0 Å². The molecule has 1 aliphatic heterocycles. The third-order valence-electron chi connectivity index (χ3n) is 3.67. The van der Waals surface area contributed by atoms with Crippen LogP contribution < -0.4 is 0 Å². The molecule has 8 nitrogen and oxygen atoms in total. The monoisotopic (exact) mass is 323 g/mol. The van der Waals surface area contributed by atoms with Gasteiger partial charge in [-0.3, -0.25) is 4.98 Å². The van der Waals surface area contributed by atoms with Crippen LogP contribution in [0.3, 0.4) is 0 Å². The third-order valence-corrected chi connectivity index (χ3v) is 4.94. The summed E-state index contributed by atoms with van der Waals surface area (Å²) in [6.07, 6.45) is 8.33. The van der Waals surface area contributed by atoms with Crippen LogP contribution in [0.15, 0.2) is 23.1 Å². The summed E-state index contributed by atoms with van der Waals surface area (Å²) in [5, 5.41) is 3.90. The molecule has 0 unspecified atom stereocenters. The van der Waals surface area contributed by atoms with Crippen molar-refractivity contribution >= 4 is 10.0 Å². The lowest BCUT2D eigenvalue weighted by atomic mass is 9.96. The summed E-state index contributed by atoms with van der Waals surface area (Å²) < 4.78 is 30.0.